The maximum Gasteiger partial charge on any atom is 0.284 e. The average molecular weight is 440 g/mol. The number of rotatable bonds is 5. The van der Waals surface area contributed by atoms with E-state index in [1.165, 1.54) is 16.3 Å². The van der Waals surface area contributed by atoms with Gasteiger partial charge in [0.05, 0.1) is 28.6 Å². The minimum Gasteiger partial charge on any atom is -0.283 e. The molecule has 0 radical (unpaired) electrons. The summed E-state index contributed by atoms with van der Waals surface area (Å²) in [6.45, 7) is 2.02. The molecule has 154 valence electrons. The minimum absolute atomic E-state index is 0.203. The number of carbonyl (C=O) groups is 1. The van der Waals surface area contributed by atoms with Crippen molar-refractivity contribution in [3.8, 4) is 0 Å². The Bertz CT molecular complexity index is 1200. The molecule has 0 aliphatic carbocycles. The van der Waals surface area contributed by atoms with Crippen molar-refractivity contribution < 1.29 is 13.2 Å². The van der Waals surface area contributed by atoms with Gasteiger partial charge in [0.25, 0.3) is 5.91 Å². The molecule has 1 N–H and O–H groups in total. The van der Waals surface area contributed by atoms with Crippen LogP contribution in [0.2, 0.25) is 0 Å². The second kappa shape index (κ2) is 8.04. The third-order valence-corrected chi connectivity index (χ3v) is 6.30. The van der Waals surface area contributed by atoms with E-state index < -0.39 is 16.1 Å². The lowest BCUT2D eigenvalue weighted by molar-refractivity contribution is 0.0717. The van der Waals surface area contributed by atoms with Crippen LogP contribution in [-0.4, -0.2) is 31.3 Å². The molecule has 1 amide bonds. The molecule has 0 bridgehead atoms. The van der Waals surface area contributed by atoms with Gasteiger partial charge in [-0.2, -0.15) is 5.10 Å². The molecule has 2 aromatic carbocycles. The number of anilines is 1. The molecular formula is C22H21N3O3S2. The summed E-state index contributed by atoms with van der Waals surface area (Å²) in [7, 11) is -3.47. The van der Waals surface area contributed by atoms with Gasteiger partial charge in [0.15, 0.2) is 0 Å². The summed E-state index contributed by atoms with van der Waals surface area (Å²) < 4.78 is 26.3. The number of hydrogen-bond acceptors (Lipinski definition) is 5. The van der Waals surface area contributed by atoms with Crippen LogP contribution < -0.4 is 4.72 Å². The van der Waals surface area contributed by atoms with Crippen molar-refractivity contribution in [1.29, 1.82) is 0 Å². The normalized spacial score (nSPS) is 16.4. The van der Waals surface area contributed by atoms with Gasteiger partial charge < -0.3 is 0 Å². The fourth-order valence-corrected chi connectivity index (χ4v) is 4.69. The van der Waals surface area contributed by atoms with Crippen LogP contribution in [0, 0.1) is 6.92 Å². The first-order valence-electron chi connectivity index (χ1n) is 9.40. The third-order valence-electron chi connectivity index (χ3n) is 4.85. The molecule has 3 aromatic rings. The lowest BCUT2D eigenvalue weighted by atomic mass is 9.97. The molecule has 1 atom stereocenters. The van der Waals surface area contributed by atoms with Gasteiger partial charge in [-0.3, -0.25) is 9.52 Å². The Labute approximate surface area is 179 Å². The number of carbonyl (C=O) groups excluding carboxylic acids is 1. The first kappa shape index (κ1) is 20.3. The van der Waals surface area contributed by atoms with E-state index in [9.17, 15) is 13.2 Å². The molecule has 30 heavy (non-hydrogen) atoms. The molecule has 0 saturated carbocycles. The van der Waals surface area contributed by atoms with E-state index in [1.54, 1.807) is 18.2 Å². The van der Waals surface area contributed by atoms with E-state index in [-0.39, 0.29) is 5.91 Å². The summed E-state index contributed by atoms with van der Waals surface area (Å²) in [5, 5.41) is 7.99. The summed E-state index contributed by atoms with van der Waals surface area (Å²) >= 11 is 1.36. The van der Waals surface area contributed by atoms with Crippen molar-refractivity contribution in [3.05, 3.63) is 87.6 Å². The number of aryl methyl sites for hydroxylation is 1. The van der Waals surface area contributed by atoms with Crippen molar-refractivity contribution in [1.82, 2.24) is 5.01 Å². The summed E-state index contributed by atoms with van der Waals surface area (Å²) in [5.74, 6) is -0.203. The number of hydrogen-bond donors (Lipinski definition) is 1. The Hall–Kier alpha value is -2.97. The summed E-state index contributed by atoms with van der Waals surface area (Å²) in [4.78, 5) is 13.8. The zero-order chi connectivity index (χ0) is 21.3. The van der Waals surface area contributed by atoms with Gasteiger partial charge in [-0.1, -0.05) is 54.1 Å². The quantitative estimate of drug-likeness (QED) is 0.639. The summed E-state index contributed by atoms with van der Waals surface area (Å²) in [6, 6.07) is 18.3. The van der Waals surface area contributed by atoms with Gasteiger partial charge in [-0.25, -0.2) is 13.4 Å². The van der Waals surface area contributed by atoms with Crippen LogP contribution in [-0.2, 0) is 10.0 Å². The number of nitrogens with zero attached hydrogens (tertiary/aromatic N) is 2. The second-order valence-corrected chi connectivity index (χ2v) is 9.92. The maximum atomic E-state index is 13.2. The first-order valence-corrected chi connectivity index (χ1v) is 12.2. The van der Waals surface area contributed by atoms with E-state index in [2.05, 4.69) is 9.82 Å². The van der Waals surface area contributed by atoms with Gasteiger partial charge in [0.1, 0.15) is 0 Å². The smallest absolute Gasteiger partial charge is 0.283 e. The van der Waals surface area contributed by atoms with Crippen molar-refractivity contribution in [2.24, 2.45) is 5.10 Å². The monoisotopic (exact) mass is 439 g/mol. The summed E-state index contributed by atoms with van der Waals surface area (Å²) in [5.41, 5.74) is 4.04. The Kier molecular flexibility index (Phi) is 5.44. The number of para-hydroxylation sites is 1. The third kappa shape index (κ3) is 4.29. The predicted octanol–water partition coefficient (Wildman–Crippen LogP) is 4.42. The topological polar surface area (TPSA) is 78.8 Å². The Morgan fingerprint density at radius 3 is 2.50 bits per heavy atom. The molecule has 8 heteroatoms. The molecule has 4 rings (SSSR count). The van der Waals surface area contributed by atoms with Crippen LogP contribution in [0.4, 0.5) is 5.69 Å². The highest BCUT2D eigenvalue weighted by atomic mass is 32.2. The standard InChI is InChI=1S/C22H21N3O3S2/c1-15-9-11-16(12-10-15)19-14-20(25(23-19)22(26)21-8-5-13-29-21)17-6-3-4-7-18(17)24-30(2,27)28/h3-13,20,24H,14H2,1-2H3/t20-/m0/s1. The Balaban J connectivity index is 1.77. The predicted molar refractivity (Wildman–Crippen MR) is 120 cm³/mol. The van der Waals surface area contributed by atoms with Crippen LogP contribution in [0.15, 0.2) is 71.1 Å². The fourth-order valence-electron chi connectivity index (χ4n) is 3.45. The maximum absolute atomic E-state index is 13.2. The highest BCUT2D eigenvalue weighted by molar-refractivity contribution is 7.92. The summed E-state index contributed by atoms with van der Waals surface area (Å²) in [6.07, 6.45) is 1.60. The number of thiophene rings is 1. The van der Waals surface area contributed by atoms with Crippen LogP contribution in [0.3, 0.4) is 0 Å². The van der Waals surface area contributed by atoms with Crippen molar-refractivity contribution in [3.63, 3.8) is 0 Å². The highest BCUT2D eigenvalue weighted by Crippen LogP contribution is 2.38. The lowest BCUT2D eigenvalue weighted by Gasteiger charge is -2.23. The van der Waals surface area contributed by atoms with Crippen molar-refractivity contribution >= 4 is 38.7 Å². The van der Waals surface area contributed by atoms with E-state index in [0.717, 1.165) is 23.1 Å². The van der Waals surface area contributed by atoms with Gasteiger partial charge in [0, 0.05) is 12.0 Å². The zero-order valence-electron chi connectivity index (χ0n) is 16.6. The number of nitrogens with one attached hydrogen (secondary N) is 1. The van der Waals surface area contributed by atoms with Crippen molar-refractivity contribution in [2.45, 2.75) is 19.4 Å². The minimum atomic E-state index is -3.47. The van der Waals surface area contributed by atoms with E-state index in [1.807, 2.05) is 54.8 Å². The van der Waals surface area contributed by atoms with Gasteiger partial charge in [-0.15, -0.1) is 11.3 Å². The van der Waals surface area contributed by atoms with Crippen LogP contribution >= 0.6 is 11.3 Å². The molecule has 0 spiro atoms. The largest absolute Gasteiger partial charge is 0.284 e. The highest BCUT2D eigenvalue weighted by Gasteiger charge is 2.35. The molecule has 0 unspecified atom stereocenters. The molecular weight excluding hydrogens is 418 g/mol. The van der Waals surface area contributed by atoms with E-state index >= 15 is 0 Å². The molecule has 2 heterocycles. The second-order valence-electron chi connectivity index (χ2n) is 7.22. The molecule has 1 aliphatic heterocycles. The number of benzene rings is 2. The Morgan fingerprint density at radius 2 is 1.83 bits per heavy atom. The molecule has 1 aliphatic rings. The average Bonchev–Trinajstić information content (AvgIpc) is 3.38. The first-order chi connectivity index (χ1) is 14.3. The number of sulfonamides is 1. The fraction of sp³-hybridized carbons (Fsp3) is 0.182. The van der Waals surface area contributed by atoms with Gasteiger partial charge in [-0.05, 0) is 30.0 Å². The Morgan fingerprint density at radius 1 is 1.10 bits per heavy atom. The van der Waals surface area contributed by atoms with Gasteiger partial charge in [0.2, 0.25) is 10.0 Å². The molecule has 0 saturated heterocycles. The molecule has 0 fully saturated rings. The lowest BCUT2D eigenvalue weighted by Crippen LogP contribution is -2.27. The molecule has 6 nitrogen and oxygen atoms in total. The van der Waals surface area contributed by atoms with Crippen LogP contribution in [0.25, 0.3) is 0 Å². The molecule has 1 aromatic heterocycles. The van der Waals surface area contributed by atoms with Gasteiger partial charge >= 0.3 is 0 Å². The van der Waals surface area contributed by atoms with Crippen LogP contribution in [0.5, 0.6) is 0 Å². The van der Waals surface area contributed by atoms with E-state index in [4.69, 9.17) is 0 Å². The van der Waals surface area contributed by atoms with Crippen LogP contribution in [0.1, 0.15) is 38.8 Å². The van der Waals surface area contributed by atoms with Crippen molar-refractivity contribution in [2.75, 3.05) is 11.0 Å². The number of amides is 1. The SMILES string of the molecule is Cc1ccc(C2=NN(C(=O)c3cccs3)[C@H](c3ccccc3NS(C)(=O)=O)C2)cc1. The van der Waals surface area contributed by atoms with E-state index in [0.29, 0.717) is 22.5 Å². The zero-order valence-corrected chi connectivity index (χ0v) is 18.2. The number of hydrazone groups is 1.